The van der Waals surface area contributed by atoms with Gasteiger partial charge < -0.3 is 15.1 Å². The molecular weight excluding hydrogens is 240 g/mol. The molecule has 0 spiro atoms. The van der Waals surface area contributed by atoms with Gasteiger partial charge in [-0.15, -0.1) is 0 Å². The Morgan fingerprint density at radius 2 is 2.00 bits per heavy atom. The third kappa shape index (κ3) is 2.35. The van der Waals surface area contributed by atoms with Crippen molar-refractivity contribution in [1.29, 1.82) is 0 Å². The fourth-order valence-electron chi connectivity index (χ4n) is 3.53. The molecule has 0 amide bonds. The van der Waals surface area contributed by atoms with Gasteiger partial charge in [-0.3, -0.25) is 4.98 Å². The molecule has 1 aromatic rings. The second-order valence-electron chi connectivity index (χ2n) is 5.78. The number of piperidine rings is 1. The zero-order valence-corrected chi connectivity index (χ0v) is 11.4. The highest BCUT2D eigenvalue weighted by Crippen LogP contribution is 2.39. The van der Waals surface area contributed by atoms with Gasteiger partial charge in [0.05, 0.1) is 29.8 Å². The van der Waals surface area contributed by atoms with E-state index in [9.17, 15) is 10.2 Å². The van der Waals surface area contributed by atoms with Crippen LogP contribution in [0.5, 0.6) is 0 Å². The lowest BCUT2D eigenvalue weighted by atomic mass is 9.99. The van der Waals surface area contributed by atoms with Crippen molar-refractivity contribution in [3.63, 3.8) is 0 Å². The number of pyridine rings is 1. The average Bonchev–Trinajstić information content (AvgIpc) is 2.70. The van der Waals surface area contributed by atoms with Crippen molar-refractivity contribution in [2.24, 2.45) is 0 Å². The lowest BCUT2D eigenvalue weighted by molar-refractivity contribution is 0.126. The molecule has 3 atom stereocenters. The number of aromatic nitrogens is 1. The van der Waals surface area contributed by atoms with Crippen LogP contribution in [0.25, 0.3) is 0 Å². The van der Waals surface area contributed by atoms with E-state index in [4.69, 9.17) is 0 Å². The Hall–Kier alpha value is -1.13. The molecule has 2 aliphatic heterocycles. The van der Waals surface area contributed by atoms with Gasteiger partial charge in [0.25, 0.3) is 0 Å². The number of aliphatic hydroxyl groups is 2. The van der Waals surface area contributed by atoms with Crippen LogP contribution >= 0.6 is 0 Å². The van der Waals surface area contributed by atoms with E-state index in [0.29, 0.717) is 18.5 Å². The minimum absolute atomic E-state index is 0.136. The van der Waals surface area contributed by atoms with Gasteiger partial charge in [0, 0.05) is 12.1 Å². The lowest BCUT2D eigenvalue weighted by Gasteiger charge is -2.38. The van der Waals surface area contributed by atoms with E-state index in [0.717, 1.165) is 24.2 Å². The van der Waals surface area contributed by atoms with Crippen molar-refractivity contribution >= 4 is 5.69 Å². The first-order valence-electron chi connectivity index (χ1n) is 7.29. The van der Waals surface area contributed by atoms with Crippen molar-refractivity contribution in [2.45, 2.75) is 63.3 Å². The number of hydrogen-bond donors (Lipinski definition) is 2. The first kappa shape index (κ1) is 12.9. The Bertz CT molecular complexity index is 420. The number of nitrogens with zero attached hydrogens (tertiary/aromatic N) is 2. The summed E-state index contributed by atoms with van der Waals surface area (Å²) in [4.78, 5) is 6.80. The van der Waals surface area contributed by atoms with E-state index in [1.807, 2.05) is 19.2 Å². The molecule has 3 unspecified atom stereocenters. The molecule has 2 fully saturated rings. The van der Waals surface area contributed by atoms with Crippen LogP contribution in [-0.2, 0) is 0 Å². The summed E-state index contributed by atoms with van der Waals surface area (Å²) in [6.07, 6.45) is 6.04. The molecule has 0 radical (unpaired) electrons. The predicted octanol–water partition coefficient (Wildman–Crippen LogP) is 2.02. The molecule has 0 aromatic carbocycles. The first-order valence-corrected chi connectivity index (χ1v) is 7.29. The smallest absolute Gasteiger partial charge is 0.0957 e. The Balaban J connectivity index is 1.80. The summed E-state index contributed by atoms with van der Waals surface area (Å²) in [5, 5.41) is 19.6. The van der Waals surface area contributed by atoms with E-state index in [2.05, 4.69) is 16.0 Å². The number of fused-ring (bicyclic) bond motifs is 2. The quantitative estimate of drug-likeness (QED) is 0.875. The third-order valence-corrected chi connectivity index (χ3v) is 4.51. The monoisotopic (exact) mass is 262 g/mol. The average molecular weight is 262 g/mol. The Morgan fingerprint density at radius 3 is 2.53 bits per heavy atom. The summed E-state index contributed by atoms with van der Waals surface area (Å²) in [6, 6.07) is 4.90. The van der Waals surface area contributed by atoms with Crippen molar-refractivity contribution in [3.8, 4) is 0 Å². The summed E-state index contributed by atoms with van der Waals surface area (Å²) < 4.78 is 0. The standard InChI is InChI=1S/C15H22N2O2/c1-2-15(19)14-6-5-12(9-16-14)17-10-3-4-11(17)8-13(18)7-10/h5-6,9-11,13,15,18-19H,2-4,7-8H2,1H3. The van der Waals surface area contributed by atoms with Gasteiger partial charge in [-0.1, -0.05) is 6.92 Å². The summed E-state index contributed by atoms with van der Waals surface area (Å²) >= 11 is 0. The van der Waals surface area contributed by atoms with Crippen LogP contribution in [0.4, 0.5) is 5.69 Å². The van der Waals surface area contributed by atoms with Crippen molar-refractivity contribution in [1.82, 2.24) is 4.98 Å². The van der Waals surface area contributed by atoms with Gasteiger partial charge >= 0.3 is 0 Å². The number of hydrogen-bond acceptors (Lipinski definition) is 4. The molecular formula is C15H22N2O2. The number of rotatable bonds is 3. The Morgan fingerprint density at radius 1 is 1.32 bits per heavy atom. The summed E-state index contributed by atoms with van der Waals surface area (Å²) in [5.74, 6) is 0. The molecule has 3 heterocycles. The molecule has 4 nitrogen and oxygen atoms in total. The van der Waals surface area contributed by atoms with Crippen molar-refractivity contribution < 1.29 is 10.2 Å². The maximum absolute atomic E-state index is 9.83. The molecule has 0 aliphatic carbocycles. The van der Waals surface area contributed by atoms with Gasteiger partial charge in [-0.2, -0.15) is 0 Å². The molecule has 3 rings (SSSR count). The summed E-state index contributed by atoms with van der Waals surface area (Å²) in [5.41, 5.74) is 1.88. The SMILES string of the molecule is CCC(O)c1ccc(N2C3CCC2CC(O)C3)cn1. The molecule has 0 saturated carbocycles. The molecule has 19 heavy (non-hydrogen) atoms. The van der Waals surface area contributed by atoms with Crippen LogP contribution in [0.1, 0.15) is 50.8 Å². The lowest BCUT2D eigenvalue weighted by Crippen LogP contribution is -2.44. The van der Waals surface area contributed by atoms with Gasteiger partial charge in [0.15, 0.2) is 0 Å². The van der Waals surface area contributed by atoms with E-state index in [1.54, 1.807) is 0 Å². The minimum atomic E-state index is -0.464. The maximum Gasteiger partial charge on any atom is 0.0957 e. The van der Waals surface area contributed by atoms with Gasteiger partial charge in [0.1, 0.15) is 0 Å². The Labute approximate surface area is 114 Å². The van der Waals surface area contributed by atoms with Crippen LogP contribution in [0.2, 0.25) is 0 Å². The fourth-order valence-corrected chi connectivity index (χ4v) is 3.53. The van der Waals surface area contributed by atoms with Crippen LogP contribution in [-0.4, -0.2) is 33.4 Å². The predicted molar refractivity (Wildman–Crippen MR) is 74.0 cm³/mol. The molecule has 2 bridgehead atoms. The molecule has 1 aromatic heterocycles. The van der Waals surface area contributed by atoms with Gasteiger partial charge in [-0.05, 0) is 44.2 Å². The highest BCUT2D eigenvalue weighted by atomic mass is 16.3. The van der Waals surface area contributed by atoms with Gasteiger partial charge in [-0.25, -0.2) is 0 Å². The zero-order chi connectivity index (χ0) is 13.4. The number of aliphatic hydroxyl groups excluding tert-OH is 2. The normalized spacial score (nSPS) is 31.5. The minimum Gasteiger partial charge on any atom is -0.393 e. The molecule has 2 aliphatic rings. The first-order chi connectivity index (χ1) is 9.19. The molecule has 4 heteroatoms. The number of anilines is 1. The van der Waals surface area contributed by atoms with E-state index in [-0.39, 0.29) is 6.10 Å². The van der Waals surface area contributed by atoms with E-state index >= 15 is 0 Å². The van der Waals surface area contributed by atoms with E-state index < -0.39 is 6.10 Å². The fraction of sp³-hybridized carbons (Fsp3) is 0.667. The largest absolute Gasteiger partial charge is 0.393 e. The molecule has 104 valence electrons. The van der Waals surface area contributed by atoms with Crippen molar-refractivity contribution in [3.05, 3.63) is 24.0 Å². The maximum atomic E-state index is 9.83. The summed E-state index contributed by atoms with van der Waals surface area (Å²) in [6.45, 7) is 1.95. The van der Waals surface area contributed by atoms with Crippen LogP contribution in [0, 0.1) is 0 Å². The second kappa shape index (κ2) is 5.10. The highest BCUT2D eigenvalue weighted by molar-refractivity contribution is 5.49. The molecule has 2 N–H and O–H groups in total. The zero-order valence-electron chi connectivity index (χ0n) is 11.4. The third-order valence-electron chi connectivity index (χ3n) is 4.51. The van der Waals surface area contributed by atoms with Crippen LogP contribution in [0.15, 0.2) is 18.3 Å². The molecule has 2 saturated heterocycles. The van der Waals surface area contributed by atoms with E-state index in [1.165, 1.54) is 12.8 Å². The highest BCUT2D eigenvalue weighted by Gasteiger charge is 2.40. The summed E-state index contributed by atoms with van der Waals surface area (Å²) in [7, 11) is 0. The second-order valence-corrected chi connectivity index (χ2v) is 5.78. The van der Waals surface area contributed by atoms with Crippen molar-refractivity contribution in [2.75, 3.05) is 4.90 Å². The topological polar surface area (TPSA) is 56.6 Å². The van der Waals surface area contributed by atoms with Crippen LogP contribution < -0.4 is 4.90 Å². The Kier molecular flexibility index (Phi) is 3.46. The van der Waals surface area contributed by atoms with Gasteiger partial charge in [0.2, 0.25) is 0 Å². The van der Waals surface area contributed by atoms with Crippen LogP contribution in [0.3, 0.4) is 0 Å².